The monoisotopic (exact) mass is 403 g/mol. The number of fused-ring (bicyclic) bond motifs is 2. The second kappa shape index (κ2) is 8.71. The van der Waals surface area contributed by atoms with Gasteiger partial charge >= 0.3 is 0 Å². The minimum atomic E-state index is -0.0535. The molecule has 2 aromatic heterocycles. The van der Waals surface area contributed by atoms with Gasteiger partial charge in [-0.2, -0.15) is 0 Å². The van der Waals surface area contributed by atoms with Crippen LogP contribution in [0.4, 0.5) is 5.95 Å². The predicted octanol–water partition coefficient (Wildman–Crippen LogP) is 4.35. The first-order valence-electron chi connectivity index (χ1n) is 10.6. The fourth-order valence-electron chi connectivity index (χ4n) is 4.07. The molecule has 156 valence electrons. The molecule has 0 spiro atoms. The summed E-state index contributed by atoms with van der Waals surface area (Å²) < 4.78 is 2.12. The summed E-state index contributed by atoms with van der Waals surface area (Å²) in [6.45, 7) is 10.1. The number of benzene rings is 2. The van der Waals surface area contributed by atoms with Gasteiger partial charge in [-0.15, -0.1) is 0 Å². The minimum absolute atomic E-state index is 0.0535. The Kier molecular flexibility index (Phi) is 5.86. The third-order valence-electron chi connectivity index (χ3n) is 5.80. The van der Waals surface area contributed by atoms with E-state index >= 15 is 0 Å². The number of nitrogens with zero attached hydrogens (tertiary/aromatic N) is 3. The smallest absolute Gasteiger partial charge is 0.231 e. The van der Waals surface area contributed by atoms with Crippen molar-refractivity contribution < 1.29 is 4.79 Å². The molecule has 0 aliphatic carbocycles. The first kappa shape index (κ1) is 20.2. The van der Waals surface area contributed by atoms with Gasteiger partial charge in [0.15, 0.2) is 0 Å². The van der Waals surface area contributed by atoms with Gasteiger partial charge in [-0.3, -0.25) is 10.1 Å². The highest BCUT2D eigenvalue weighted by atomic mass is 16.1. The summed E-state index contributed by atoms with van der Waals surface area (Å²) in [5, 5.41) is 4.17. The highest BCUT2D eigenvalue weighted by Gasteiger charge is 2.16. The number of aromatic amines is 1. The molecule has 6 heteroatoms. The average molecular weight is 404 g/mol. The zero-order valence-electron chi connectivity index (χ0n) is 17.9. The molecule has 4 aromatic rings. The van der Waals surface area contributed by atoms with Crippen molar-refractivity contribution >= 4 is 33.8 Å². The van der Waals surface area contributed by atoms with E-state index in [4.69, 9.17) is 4.98 Å². The number of imidazole rings is 1. The number of likely N-dealkylation sites (N-methyl/N-ethyl adjacent to an activating group) is 1. The molecular formula is C24H29N5O. The number of rotatable bonds is 8. The Morgan fingerprint density at radius 2 is 1.83 bits per heavy atom. The SMILES string of the molecule is CCN(CC)CCn1c(NC(=O)Cc2c(C)[nH]c3ccccc23)nc2ccccc21. The van der Waals surface area contributed by atoms with E-state index in [0.717, 1.165) is 59.4 Å². The van der Waals surface area contributed by atoms with Crippen molar-refractivity contribution in [2.24, 2.45) is 0 Å². The highest BCUT2D eigenvalue weighted by molar-refractivity contribution is 5.96. The van der Waals surface area contributed by atoms with E-state index in [1.54, 1.807) is 0 Å². The molecule has 0 saturated heterocycles. The van der Waals surface area contributed by atoms with Crippen molar-refractivity contribution in [2.45, 2.75) is 33.7 Å². The van der Waals surface area contributed by atoms with Crippen LogP contribution < -0.4 is 5.32 Å². The van der Waals surface area contributed by atoms with Crippen LogP contribution >= 0.6 is 0 Å². The molecular weight excluding hydrogens is 374 g/mol. The third kappa shape index (κ3) is 3.96. The fourth-order valence-corrected chi connectivity index (χ4v) is 4.07. The van der Waals surface area contributed by atoms with E-state index in [0.29, 0.717) is 12.4 Å². The van der Waals surface area contributed by atoms with Crippen LogP contribution in [0.2, 0.25) is 0 Å². The highest BCUT2D eigenvalue weighted by Crippen LogP contribution is 2.24. The van der Waals surface area contributed by atoms with E-state index in [9.17, 15) is 4.79 Å². The number of nitrogens with one attached hydrogen (secondary N) is 2. The van der Waals surface area contributed by atoms with Crippen molar-refractivity contribution in [3.8, 4) is 0 Å². The van der Waals surface area contributed by atoms with E-state index in [1.807, 2.05) is 43.3 Å². The van der Waals surface area contributed by atoms with E-state index < -0.39 is 0 Å². The molecule has 2 N–H and O–H groups in total. The molecule has 30 heavy (non-hydrogen) atoms. The number of para-hydroxylation sites is 3. The zero-order valence-corrected chi connectivity index (χ0v) is 17.9. The van der Waals surface area contributed by atoms with Crippen LogP contribution in [-0.2, 0) is 17.8 Å². The Bertz CT molecular complexity index is 1170. The lowest BCUT2D eigenvalue weighted by atomic mass is 10.1. The van der Waals surface area contributed by atoms with Crippen molar-refractivity contribution in [3.63, 3.8) is 0 Å². The number of hydrogen-bond donors (Lipinski definition) is 2. The summed E-state index contributed by atoms with van der Waals surface area (Å²) in [5.74, 6) is 0.563. The van der Waals surface area contributed by atoms with Gasteiger partial charge in [-0.1, -0.05) is 44.2 Å². The van der Waals surface area contributed by atoms with Gasteiger partial charge in [0.1, 0.15) is 0 Å². The van der Waals surface area contributed by atoms with Crippen molar-refractivity contribution in [3.05, 3.63) is 59.8 Å². The van der Waals surface area contributed by atoms with Crippen LogP contribution in [0, 0.1) is 6.92 Å². The van der Waals surface area contributed by atoms with Gasteiger partial charge in [-0.25, -0.2) is 4.98 Å². The summed E-state index contributed by atoms with van der Waals surface area (Å²) in [4.78, 5) is 23.4. The maximum absolute atomic E-state index is 13.0. The number of aromatic nitrogens is 3. The number of amides is 1. The normalized spacial score (nSPS) is 11.6. The lowest BCUT2D eigenvalue weighted by Crippen LogP contribution is -2.28. The second-order valence-electron chi connectivity index (χ2n) is 7.60. The first-order valence-corrected chi connectivity index (χ1v) is 10.6. The lowest BCUT2D eigenvalue weighted by Gasteiger charge is -2.19. The molecule has 0 radical (unpaired) electrons. The van der Waals surface area contributed by atoms with Gasteiger partial charge in [0.2, 0.25) is 11.9 Å². The molecule has 4 rings (SSSR count). The van der Waals surface area contributed by atoms with Gasteiger partial charge in [0, 0.05) is 29.7 Å². The van der Waals surface area contributed by atoms with Gasteiger partial charge < -0.3 is 14.5 Å². The minimum Gasteiger partial charge on any atom is -0.358 e. The maximum Gasteiger partial charge on any atom is 0.231 e. The number of hydrogen-bond acceptors (Lipinski definition) is 3. The Morgan fingerprint density at radius 3 is 2.63 bits per heavy atom. The molecule has 0 bridgehead atoms. The molecule has 0 aliphatic rings. The first-order chi connectivity index (χ1) is 14.6. The number of carbonyl (C=O) groups is 1. The molecule has 0 unspecified atom stereocenters. The van der Waals surface area contributed by atoms with Crippen LogP contribution in [0.25, 0.3) is 21.9 Å². The zero-order chi connectivity index (χ0) is 21.1. The summed E-state index contributed by atoms with van der Waals surface area (Å²) in [7, 11) is 0. The largest absolute Gasteiger partial charge is 0.358 e. The molecule has 2 aromatic carbocycles. The van der Waals surface area contributed by atoms with Crippen molar-refractivity contribution in [1.29, 1.82) is 0 Å². The lowest BCUT2D eigenvalue weighted by molar-refractivity contribution is -0.115. The van der Waals surface area contributed by atoms with Crippen molar-refractivity contribution in [1.82, 2.24) is 19.4 Å². The number of H-pyrrole nitrogens is 1. The maximum atomic E-state index is 13.0. The average Bonchev–Trinajstić information content (AvgIpc) is 3.26. The number of carbonyl (C=O) groups excluding carboxylic acids is 1. The van der Waals surface area contributed by atoms with Crippen LogP contribution in [0.3, 0.4) is 0 Å². The van der Waals surface area contributed by atoms with Crippen LogP contribution in [0.5, 0.6) is 0 Å². The van der Waals surface area contributed by atoms with Crippen LogP contribution in [0.1, 0.15) is 25.1 Å². The molecule has 0 fully saturated rings. The molecule has 0 saturated carbocycles. The number of anilines is 1. The standard InChI is InChI=1S/C24H29N5O/c1-4-28(5-2)14-15-29-22-13-9-8-12-21(22)26-24(29)27-23(30)16-19-17(3)25-20-11-7-6-10-18(19)20/h6-13,25H,4-5,14-16H2,1-3H3,(H,26,27,30). The van der Waals surface area contributed by atoms with Gasteiger partial charge in [0.25, 0.3) is 0 Å². The third-order valence-corrected chi connectivity index (χ3v) is 5.80. The van der Waals surface area contributed by atoms with E-state index in [1.165, 1.54) is 0 Å². The predicted molar refractivity (Wildman–Crippen MR) is 123 cm³/mol. The molecule has 0 atom stereocenters. The van der Waals surface area contributed by atoms with Gasteiger partial charge in [0.05, 0.1) is 17.5 Å². The quantitative estimate of drug-likeness (QED) is 0.460. The summed E-state index contributed by atoms with van der Waals surface area (Å²) in [6, 6.07) is 16.1. The Morgan fingerprint density at radius 1 is 1.10 bits per heavy atom. The molecule has 2 heterocycles. The van der Waals surface area contributed by atoms with Gasteiger partial charge in [-0.05, 0) is 43.8 Å². The van der Waals surface area contributed by atoms with Crippen LogP contribution in [0.15, 0.2) is 48.5 Å². The molecule has 0 aliphatic heterocycles. The van der Waals surface area contributed by atoms with E-state index in [2.05, 4.69) is 45.7 Å². The summed E-state index contributed by atoms with van der Waals surface area (Å²) in [6.07, 6.45) is 0.315. The number of aryl methyl sites for hydroxylation is 1. The Hall–Kier alpha value is -3.12. The second-order valence-corrected chi connectivity index (χ2v) is 7.60. The van der Waals surface area contributed by atoms with Crippen molar-refractivity contribution in [2.75, 3.05) is 25.0 Å². The molecule has 6 nitrogen and oxygen atoms in total. The van der Waals surface area contributed by atoms with E-state index in [-0.39, 0.29) is 5.91 Å². The topological polar surface area (TPSA) is 65.9 Å². The fraction of sp³-hybridized carbons (Fsp3) is 0.333. The van der Waals surface area contributed by atoms with Crippen LogP contribution in [-0.4, -0.2) is 45.0 Å². The molecule has 1 amide bonds. The Labute approximate surface area is 176 Å². The Balaban J connectivity index is 1.58. The summed E-state index contributed by atoms with van der Waals surface area (Å²) >= 11 is 0. The summed E-state index contributed by atoms with van der Waals surface area (Å²) in [5.41, 5.74) is 5.07.